The van der Waals surface area contributed by atoms with Crippen LogP contribution >= 0.6 is 0 Å². The Morgan fingerprint density at radius 3 is 1.48 bits per heavy atom. The molecule has 0 unspecified atom stereocenters. The van der Waals surface area contributed by atoms with Crippen LogP contribution < -0.4 is 64.6 Å². The third-order valence-electron chi connectivity index (χ3n) is 16.3. The van der Waals surface area contributed by atoms with Gasteiger partial charge in [0.1, 0.15) is 54.4 Å². The van der Waals surface area contributed by atoms with Crippen LogP contribution in [0.15, 0.2) is 146 Å². The Morgan fingerprint density at radius 1 is 0.466 bits per heavy atom. The van der Waals surface area contributed by atoms with Gasteiger partial charge in [0.15, 0.2) is 0 Å². The van der Waals surface area contributed by atoms with Gasteiger partial charge in [0.05, 0.1) is 49.8 Å². The number of H-pyrrole nitrogens is 1. The summed E-state index contributed by atoms with van der Waals surface area (Å²) in [5, 5.41) is 74.9. The van der Waals surface area contributed by atoms with E-state index in [4.69, 9.17) is 11.5 Å². The molecule has 1 heterocycles. The van der Waals surface area contributed by atoms with E-state index in [1.165, 1.54) is 19.4 Å². The number of carbonyl (C=O) groups excluding carboxylic acids is 11. The van der Waals surface area contributed by atoms with Crippen LogP contribution in [0.4, 0.5) is 0 Å². The molecule has 6 rings (SSSR count). The van der Waals surface area contributed by atoms with E-state index in [0.29, 0.717) is 22.4 Å². The fraction of sp³-hybridized carbons (Fsp3) is 0.352. The number of amides is 11. The summed E-state index contributed by atoms with van der Waals surface area (Å²) in [7, 11) is 0. The number of hydrogen-bond acceptors (Lipinski definition) is 18. The predicted octanol–water partition coefficient (Wildman–Crippen LogP) is -2.27. The van der Waals surface area contributed by atoms with Crippen molar-refractivity contribution >= 4 is 76.9 Å². The number of nitrogens with zero attached hydrogens (tertiary/aromatic N) is 1. The van der Waals surface area contributed by atoms with E-state index in [-0.39, 0.29) is 25.7 Å². The maximum atomic E-state index is 14.4. The molecule has 0 aliphatic carbocycles. The Hall–Kier alpha value is -11.7. The highest BCUT2D eigenvalue weighted by Gasteiger charge is 2.37. The van der Waals surface area contributed by atoms with Crippen molar-refractivity contribution in [1.29, 1.82) is 0 Å². The normalized spacial score (nSPS) is 14.5. The molecule has 0 saturated heterocycles. The maximum absolute atomic E-state index is 14.4. The fourth-order valence-corrected chi connectivity index (χ4v) is 10.6. The molecule has 0 fully saturated rings. The summed E-state index contributed by atoms with van der Waals surface area (Å²) in [4.78, 5) is 181. The van der Waals surface area contributed by atoms with Gasteiger partial charge in [-0.1, -0.05) is 133 Å². The van der Waals surface area contributed by atoms with E-state index in [2.05, 4.69) is 63.1 Å². The highest BCUT2D eigenvalue weighted by atomic mass is 16.4. The van der Waals surface area contributed by atoms with Crippen LogP contribution in [0.2, 0.25) is 0 Å². The lowest BCUT2D eigenvalue weighted by atomic mass is 9.97. The predicted molar refractivity (Wildman–Crippen MR) is 371 cm³/mol. The number of imidazole rings is 1. The number of nitrogens with one attached hydrogen (secondary N) is 11. The van der Waals surface area contributed by atoms with Gasteiger partial charge in [-0.25, -0.2) is 4.98 Å². The molecule has 6 aromatic rings. The van der Waals surface area contributed by atoms with Gasteiger partial charge in [-0.3, -0.25) is 62.3 Å². The number of nitrogens with two attached hydrogens (primary N) is 2. The topological polar surface area (TPSA) is 524 Å². The Kier molecular flexibility index (Phi) is 30.6. The van der Waals surface area contributed by atoms with Gasteiger partial charge >= 0.3 is 11.9 Å². The lowest BCUT2D eigenvalue weighted by Gasteiger charge is -2.28. The van der Waals surface area contributed by atoms with E-state index in [9.17, 15) is 87.9 Å². The van der Waals surface area contributed by atoms with E-state index in [0.717, 1.165) is 41.7 Å². The number of primary amides is 1. The number of aliphatic hydroxyl groups is 3. The molecule has 12 atom stereocenters. The van der Waals surface area contributed by atoms with Gasteiger partial charge in [-0.15, -0.1) is 0 Å². The summed E-state index contributed by atoms with van der Waals surface area (Å²) in [6, 6.07) is 22.5. The molecule has 5 aromatic carbocycles. The first kappa shape index (κ1) is 80.2. The number of aliphatic carboxylic acids is 2. The minimum Gasteiger partial charge on any atom is -0.481 e. The Morgan fingerprint density at radius 2 is 0.932 bits per heavy atom. The van der Waals surface area contributed by atoms with Gasteiger partial charge in [-0.05, 0) is 78.6 Å². The van der Waals surface area contributed by atoms with Crippen molar-refractivity contribution in [2.24, 2.45) is 11.5 Å². The average Bonchev–Trinajstić information content (AvgIpc) is 1.49. The first-order chi connectivity index (χ1) is 49.0. The number of aryl methyl sites for hydroxylation is 1. The Labute approximate surface area is 591 Å². The van der Waals surface area contributed by atoms with Gasteiger partial charge in [0.2, 0.25) is 65.0 Å². The summed E-state index contributed by atoms with van der Waals surface area (Å²) < 4.78 is 0. The number of carboxylic acids is 2. The molecule has 0 aliphatic heterocycles. The van der Waals surface area contributed by atoms with Crippen molar-refractivity contribution in [2.75, 3.05) is 13.2 Å². The molecule has 0 spiro atoms. The molecule has 20 N–H and O–H groups in total. The van der Waals surface area contributed by atoms with Gasteiger partial charge in [-0.2, -0.15) is 0 Å². The molecule has 32 nitrogen and oxygen atoms in total. The van der Waals surface area contributed by atoms with Crippen molar-refractivity contribution in [2.45, 2.75) is 145 Å². The minimum atomic E-state index is -2.04. The summed E-state index contributed by atoms with van der Waals surface area (Å²) in [6.45, 7) is 3.22. The zero-order valence-electron chi connectivity index (χ0n) is 56.8. The summed E-state index contributed by atoms with van der Waals surface area (Å²) >= 11 is 0. The molecule has 103 heavy (non-hydrogen) atoms. The smallest absolute Gasteiger partial charge is 0.305 e. The molecule has 11 amide bonds. The lowest BCUT2D eigenvalue weighted by Crippen LogP contribution is -2.63. The number of aromatic amines is 1. The van der Waals surface area contributed by atoms with Crippen LogP contribution in [0.25, 0.3) is 22.3 Å². The van der Waals surface area contributed by atoms with Crippen LogP contribution in [0.5, 0.6) is 0 Å². The van der Waals surface area contributed by atoms with Gasteiger partial charge < -0.3 is 95.2 Å². The molecule has 0 aliphatic rings. The van der Waals surface area contributed by atoms with Crippen LogP contribution in [-0.4, -0.2) is 198 Å². The molecule has 32 heteroatoms. The van der Waals surface area contributed by atoms with Crippen molar-refractivity contribution in [1.82, 2.24) is 63.1 Å². The second-order valence-electron chi connectivity index (χ2n) is 24.5. The second-order valence-corrected chi connectivity index (χ2v) is 24.5. The summed E-state index contributed by atoms with van der Waals surface area (Å²) in [6.07, 6.45) is -3.57. The summed E-state index contributed by atoms with van der Waals surface area (Å²) in [5.74, 6) is -15.0. The number of carbonyl (C=O) groups is 13. The zero-order chi connectivity index (χ0) is 75.4. The van der Waals surface area contributed by atoms with Crippen LogP contribution in [0.1, 0.15) is 68.0 Å². The average molecular weight is 1420 g/mol. The Bertz CT molecular complexity index is 3920. The second kappa shape index (κ2) is 39.3. The monoisotopic (exact) mass is 1420 g/mol. The molecular weight excluding hydrogens is 1340 g/mol. The summed E-state index contributed by atoms with van der Waals surface area (Å²) in [5.41, 5.74) is 18.3. The molecule has 0 bridgehead atoms. The quantitative estimate of drug-likeness (QED) is 0.0193. The van der Waals surface area contributed by atoms with Gasteiger partial charge in [0, 0.05) is 38.3 Å². The van der Waals surface area contributed by atoms with Crippen LogP contribution in [0, 0.1) is 6.92 Å². The largest absolute Gasteiger partial charge is 0.481 e. The van der Waals surface area contributed by atoms with E-state index in [1.54, 1.807) is 66.7 Å². The number of hydrogen-bond donors (Lipinski definition) is 18. The van der Waals surface area contributed by atoms with E-state index >= 15 is 0 Å². The fourth-order valence-electron chi connectivity index (χ4n) is 10.6. The standard InChI is InChI=1S/C71H86N14O18/c1-38-13-11-12-18-49(38)47-25-21-43(22-26-47)29-52(62(73)94)79-66(98)53(31-44-19-23-46(24-20-44)45-16-9-6-10-17-45)80-67(99)55(33-59(92)93)81-69(101)56(36-86)83-71(103)61(41(4)88)85-68(100)54(30-42-14-7-5-8-15-42)82-70(102)60(40(3)87)84-57(89)35-75-65(97)51(27-28-58(90)91)78-63(95)39(2)77-64(96)50(72)32-48-34-74-37-76-48/h5-26,34,37,39-41,50-56,60-61,86-88H,27-33,35-36,72H2,1-4H3,(H2,73,94)(H,74,76)(H,75,97)(H,77,96)(H,78,95)(H,79,98)(H,80,99)(H,81,101)(H,82,102)(H,83,103)(H,84,89)(H,85,100)(H,90,91)(H,92,93)/t39-,40+,41+,50-,51-,52-,53-,54-,55-,56-,60-,61-/m0/s1. The first-order valence-corrected chi connectivity index (χ1v) is 32.8. The van der Waals surface area contributed by atoms with Crippen LogP contribution in [-0.2, 0) is 88.0 Å². The van der Waals surface area contributed by atoms with Crippen molar-refractivity contribution in [3.63, 3.8) is 0 Å². The highest BCUT2D eigenvalue weighted by Crippen LogP contribution is 2.24. The molecular formula is C71H86N14O18. The van der Waals surface area contributed by atoms with E-state index in [1.807, 2.05) is 73.7 Å². The van der Waals surface area contributed by atoms with Gasteiger partial charge in [0.25, 0.3) is 0 Å². The minimum absolute atomic E-state index is 0.0110. The number of rotatable bonds is 39. The maximum Gasteiger partial charge on any atom is 0.305 e. The van der Waals surface area contributed by atoms with E-state index < -0.39 is 182 Å². The van der Waals surface area contributed by atoms with Crippen LogP contribution in [0.3, 0.4) is 0 Å². The van der Waals surface area contributed by atoms with Crippen molar-refractivity contribution in [3.8, 4) is 22.3 Å². The highest BCUT2D eigenvalue weighted by molar-refractivity contribution is 6.00. The third kappa shape index (κ3) is 25.4. The SMILES string of the molecule is Cc1ccccc1-c1ccc(C[C@H](NC(=O)[C@H](Cc2ccc(-c3ccccc3)cc2)NC(=O)[C@H](CC(=O)O)NC(=O)[C@H](CO)NC(=O)[C@@H](NC(=O)[C@H](Cc2ccccc2)NC(=O)[C@@H](NC(=O)CNC(=O)[C@H](CCC(=O)O)NC(=O)[C@H](C)NC(=O)[C@@H](N)Cc2c[nH]cn2)[C@@H](C)O)[C@@H](C)O)C(N)=O)cc1. The zero-order valence-corrected chi connectivity index (χ0v) is 56.8. The molecule has 0 radical (unpaired) electrons. The number of aromatic nitrogens is 2. The molecule has 0 saturated carbocycles. The lowest BCUT2D eigenvalue weighted by molar-refractivity contribution is -0.142. The Balaban J connectivity index is 1.12. The van der Waals surface area contributed by atoms with Crippen molar-refractivity contribution in [3.05, 3.63) is 174 Å². The number of aliphatic hydroxyl groups excluding tert-OH is 3. The number of carboxylic acid groups (broad SMARTS) is 2. The first-order valence-electron chi connectivity index (χ1n) is 32.8. The number of benzene rings is 5. The van der Waals surface area contributed by atoms with Crippen molar-refractivity contribution < 1.29 is 87.9 Å². The third-order valence-corrected chi connectivity index (χ3v) is 16.3. The molecule has 1 aromatic heterocycles. The molecule has 548 valence electrons.